The number of aromatic nitrogens is 3. The van der Waals surface area contributed by atoms with Gasteiger partial charge in [-0.2, -0.15) is 5.26 Å². The molecule has 0 fully saturated rings. The Morgan fingerprint density at radius 1 is 1.55 bits per heavy atom. The molecule has 7 nitrogen and oxygen atoms in total. The Kier molecular flexibility index (Phi) is 4.17. The highest BCUT2D eigenvalue weighted by atomic mass is 35.5. The average molecular weight is 292 g/mol. The standard InChI is InChI=1S/C12H10ClN5O2/c13-10-2-1-3-11(9(10)4-14)15-5-8-6-18(17-16-8)7-12(19)20/h1-3,6,15H,5,7H2,(H,19,20). The van der Waals surface area contributed by atoms with E-state index in [0.717, 1.165) is 0 Å². The molecule has 1 heterocycles. The fourth-order valence-electron chi connectivity index (χ4n) is 1.61. The number of rotatable bonds is 5. The molecule has 1 aromatic carbocycles. The van der Waals surface area contributed by atoms with E-state index in [4.69, 9.17) is 22.0 Å². The van der Waals surface area contributed by atoms with Gasteiger partial charge >= 0.3 is 5.97 Å². The number of benzene rings is 1. The minimum atomic E-state index is -0.990. The number of aliphatic carboxylic acids is 1. The molecule has 0 saturated heterocycles. The number of nitrogens with zero attached hydrogens (tertiary/aromatic N) is 4. The molecule has 0 saturated carbocycles. The van der Waals surface area contributed by atoms with E-state index in [2.05, 4.69) is 15.6 Å². The predicted molar refractivity (Wildman–Crippen MR) is 71.2 cm³/mol. The van der Waals surface area contributed by atoms with Crippen molar-refractivity contribution in [3.8, 4) is 6.07 Å². The van der Waals surface area contributed by atoms with Crippen molar-refractivity contribution in [2.75, 3.05) is 5.32 Å². The number of nitrogens with one attached hydrogen (secondary N) is 1. The molecule has 0 bridgehead atoms. The van der Waals surface area contributed by atoms with E-state index in [9.17, 15) is 4.79 Å². The topological polar surface area (TPSA) is 104 Å². The van der Waals surface area contributed by atoms with Gasteiger partial charge in [0.2, 0.25) is 0 Å². The van der Waals surface area contributed by atoms with Crippen LogP contribution in [0.2, 0.25) is 5.02 Å². The number of carboxylic acid groups (broad SMARTS) is 1. The highest BCUT2D eigenvalue weighted by molar-refractivity contribution is 6.32. The Hall–Kier alpha value is -2.59. The zero-order valence-corrected chi connectivity index (χ0v) is 11.0. The van der Waals surface area contributed by atoms with Crippen molar-refractivity contribution < 1.29 is 9.90 Å². The molecule has 0 aliphatic heterocycles. The quantitative estimate of drug-likeness (QED) is 0.865. The summed E-state index contributed by atoms with van der Waals surface area (Å²) < 4.78 is 1.22. The summed E-state index contributed by atoms with van der Waals surface area (Å²) >= 11 is 5.91. The zero-order valence-electron chi connectivity index (χ0n) is 10.2. The first-order chi connectivity index (χ1) is 9.60. The molecule has 0 aliphatic rings. The van der Waals surface area contributed by atoms with Gasteiger partial charge < -0.3 is 10.4 Å². The molecule has 2 aromatic rings. The Balaban J connectivity index is 2.06. The maximum absolute atomic E-state index is 10.5. The van der Waals surface area contributed by atoms with Crippen molar-refractivity contribution in [3.63, 3.8) is 0 Å². The van der Waals surface area contributed by atoms with Gasteiger partial charge in [-0.3, -0.25) is 4.79 Å². The van der Waals surface area contributed by atoms with Gasteiger partial charge in [-0.05, 0) is 12.1 Å². The fourth-order valence-corrected chi connectivity index (χ4v) is 1.82. The number of nitriles is 1. The summed E-state index contributed by atoms with van der Waals surface area (Å²) in [4.78, 5) is 10.5. The molecule has 102 valence electrons. The highest BCUT2D eigenvalue weighted by Crippen LogP contribution is 2.23. The second-order valence-electron chi connectivity index (χ2n) is 3.93. The van der Waals surface area contributed by atoms with Gasteiger partial charge in [0.25, 0.3) is 0 Å². The van der Waals surface area contributed by atoms with E-state index in [1.807, 2.05) is 6.07 Å². The van der Waals surface area contributed by atoms with Crippen molar-refractivity contribution in [2.45, 2.75) is 13.1 Å². The first kappa shape index (κ1) is 13.8. The van der Waals surface area contributed by atoms with E-state index in [1.165, 1.54) is 10.9 Å². The summed E-state index contributed by atoms with van der Waals surface area (Å²) in [6, 6.07) is 7.11. The molecule has 1 aromatic heterocycles. The summed E-state index contributed by atoms with van der Waals surface area (Å²) in [5, 5.41) is 28.6. The Bertz CT molecular complexity index is 677. The van der Waals surface area contributed by atoms with Crippen LogP contribution in [-0.2, 0) is 17.9 Å². The van der Waals surface area contributed by atoms with E-state index in [-0.39, 0.29) is 6.54 Å². The lowest BCUT2D eigenvalue weighted by Gasteiger charge is -2.07. The van der Waals surface area contributed by atoms with Gasteiger partial charge in [0.05, 0.1) is 29.0 Å². The summed E-state index contributed by atoms with van der Waals surface area (Å²) in [6.07, 6.45) is 1.53. The summed E-state index contributed by atoms with van der Waals surface area (Å²) in [7, 11) is 0. The van der Waals surface area contributed by atoms with Crippen LogP contribution >= 0.6 is 11.6 Å². The Labute approximate surface area is 119 Å². The first-order valence-corrected chi connectivity index (χ1v) is 6.01. The van der Waals surface area contributed by atoms with Crippen molar-refractivity contribution >= 4 is 23.3 Å². The average Bonchev–Trinajstić information content (AvgIpc) is 2.83. The van der Waals surface area contributed by atoms with Crippen LogP contribution in [0, 0.1) is 11.3 Å². The third kappa shape index (κ3) is 3.24. The van der Waals surface area contributed by atoms with Crippen molar-refractivity contribution in [1.29, 1.82) is 5.26 Å². The SMILES string of the molecule is N#Cc1c(Cl)cccc1NCc1cn(CC(=O)O)nn1. The third-order valence-electron chi connectivity index (χ3n) is 2.47. The summed E-state index contributed by atoms with van der Waals surface area (Å²) in [5.41, 5.74) is 1.51. The van der Waals surface area contributed by atoms with Gasteiger partial charge in [0.15, 0.2) is 0 Å². The maximum atomic E-state index is 10.5. The monoisotopic (exact) mass is 291 g/mol. The molecule has 8 heteroatoms. The van der Waals surface area contributed by atoms with Crippen LogP contribution in [0.5, 0.6) is 0 Å². The van der Waals surface area contributed by atoms with Crippen molar-refractivity contribution in [3.05, 3.63) is 40.7 Å². The van der Waals surface area contributed by atoms with Crippen LogP contribution in [0.4, 0.5) is 5.69 Å². The number of carbonyl (C=O) groups is 1. The van der Waals surface area contributed by atoms with E-state index in [1.54, 1.807) is 18.2 Å². The largest absolute Gasteiger partial charge is 0.480 e. The van der Waals surface area contributed by atoms with Gasteiger partial charge in [-0.25, -0.2) is 4.68 Å². The number of carboxylic acids is 1. The number of halogens is 1. The lowest BCUT2D eigenvalue weighted by molar-refractivity contribution is -0.137. The second kappa shape index (κ2) is 6.04. The van der Waals surface area contributed by atoms with Crippen LogP contribution in [0.25, 0.3) is 0 Å². The maximum Gasteiger partial charge on any atom is 0.325 e. The van der Waals surface area contributed by atoms with Gasteiger partial charge in [-0.1, -0.05) is 22.9 Å². The zero-order chi connectivity index (χ0) is 14.5. The molecule has 0 unspecified atom stereocenters. The molecule has 0 radical (unpaired) electrons. The highest BCUT2D eigenvalue weighted by Gasteiger charge is 2.08. The van der Waals surface area contributed by atoms with E-state index >= 15 is 0 Å². The normalized spacial score (nSPS) is 10.0. The number of hydrogen-bond donors (Lipinski definition) is 2. The molecule has 0 spiro atoms. The molecule has 2 N–H and O–H groups in total. The van der Waals surface area contributed by atoms with E-state index in [0.29, 0.717) is 28.5 Å². The Morgan fingerprint density at radius 3 is 3.05 bits per heavy atom. The minimum absolute atomic E-state index is 0.242. The Morgan fingerprint density at radius 2 is 2.35 bits per heavy atom. The predicted octanol–water partition coefficient (Wildman–Crippen LogP) is 1.50. The van der Waals surface area contributed by atoms with Gasteiger partial charge in [0.1, 0.15) is 18.3 Å². The van der Waals surface area contributed by atoms with Crippen LogP contribution < -0.4 is 5.32 Å². The lowest BCUT2D eigenvalue weighted by Crippen LogP contribution is -2.09. The smallest absolute Gasteiger partial charge is 0.325 e. The minimum Gasteiger partial charge on any atom is -0.480 e. The second-order valence-corrected chi connectivity index (χ2v) is 4.34. The summed E-state index contributed by atoms with van der Waals surface area (Å²) in [5.74, 6) is -0.990. The summed E-state index contributed by atoms with van der Waals surface area (Å²) in [6.45, 7) is 0.0717. The first-order valence-electron chi connectivity index (χ1n) is 5.63. The molecule has 0 atom stereocenters. The lowest BCUT2D eigenvalue weighted by atomic mass is 10.2. The molecule has 0 amide bonds. The fraction of sp³-hybridized carbons (Fsp3) is 0.167. The molecule has 0 aliphatic carbocycles. The third-order valence-corrected chi connectivity index (χ3v) is 2.78. The van der Waals surface area contributed by atoms with Crippen LogP contribution in [0.15, 0.2) is 24.4 Å². The van der Waals surface area contributed by atoms with Crippen LogP contribution in [0.3, 0.4) is 0 Å². The number of anilines is 1. The van der Waals surface area contributed by atoms with Crippen molar-refractivity contribution in [2.24, 2.45) is 0 Å². The molecule has 2 rings (SSSR count). The van der Waals surface area contributed by atoms with Crippen molar-refractivity contribution in [1.82, 2.24) is 15.0 Å². The van der Waals surface area contributed by atoms with Crippen LogP contribution in [-0.4, -0.2) is 26.1 Å². The van der Waals surface area contributed by atoms with Crippen LogP contribution in [0.1, 0.15) is 11.3 Å². The molecule has 20 heavy (non-hydrogen) atoms. The van der Waals surface area contributed by atoms with E-state index < -0.39 is 5.97 Å². The van der Waals surface area contributed by atoms with Gasteiger partial charge in [-0.15, -0.1) is 5.10 Å². The van der Waals surface area contributed by atoms with Gasteiger partial charge in [0, 0.05) is 0 Å². The number of hydrogen-bond acceptors (Lipinski definition) is 5. The molecular weight excluding hydrogens is 282 g/mol. The molecular formula is C12H10ClN5O2.